The van der Waals surface area contributed by atoms with Crippen molar-refractivity contribution in [3.8, 4) is 5.75 Å². The number of phenolic OH excluding ortho intramolecular Hbond substituents is 1. The van der Waals surface area contributed by atoms with Crippen molar-refractivity contribution in [2.75, 3.05) is 6.61 Å². The lowest BCUT2D eigenvalue weighted by molar-refractivity contribution is 0.00747. The van der Waals surface area contributed by atoms with Crippen molar-refractivity contribution in [2.45, 2.75) is 26.4 Å². The highest BCUT2D eigenvalue weighted by Gasteiger charge is 2.36. The number of aliphatic hydroxyl groups is 1. The second-order valence-electron chi connectivity index (χ2n) is 6.77. The van der Waals surface area contributed by atoms with Crippen LogP contribution in [0.4, 0.5) is 4.79 Å². The summed E-state index contributed by atoms with van der Waals surface area (Å²) >= 11 is 3.34. The molecule has 0 aromatic heterocycles. The monoisotopic (exact) mass is 435 g/mol. The number of ether oxygens (including phenoxy) is 1. The third-order valence-electron chi connectivity index (χ3n) is 4.21. The Morgan fingerprint density at radius 1 is 1.19 bits per heavy atom. The predicted molar refractivity (Wildman–Crippen MR) is 104 cm³/mol. The highest BCUT2D eigenvalue weighted by atomic mass is 79.9. The molecule has 3 N–H and O–H groups in total. The number of rotatable bonds is 6. The minimum Gasteiger partial charge on any atom is -0.508 e. The zero-order valence-corrected chi connectivity index (χ0v) is 16.7. The molecule has 2 amide bonds. The van der Waals surface area contributed by atoms with E-state index in [1.165, 1.54) is 6.07 Å². The topological polar surface area (TPSA) is 95.9 Å². The predicted octanol–water partition coefficient (Wildman–Crippen LogP) is 4.17. The zero-order valence-electron chi connectivity index (χ0n) is 15.1. The van der Waals surface area contributed by atoms with Crippen LogP contribution < -0.4 is 5.32 Å². The van der Waals surface area contributed by atoms with E-state index in [4.69, 9.17) is 4.74 Å². The molecular formula is C20H22BrNO5. The van der Waals surface area contributed by atoms with Crippen LogP contribution in [0.25, 0.3) is 0 Å². The molecule has 0 bridgehead atoms. The minimum atomic E-state index is -0.931. The van der Waals surface area contributed by atoms with Gasteiger partial charge in [-0.05, 0) is 36.8 Å². The van der Waals surface area contributed by atoms with Gasteiger partial charge >= 0.3 is 6.09 Å². The maximum Gasteiger partial charge on any atom is 0.414 e. The number of hydrogen-bond donors (Lipinski definition) is 3. The van der Waals surface area contributed by atoms with E-state index in [0.717, 1.165) is 0 Å². The molecule has 27 heavy (non-hydrogen) atoms. The van der Waals surface area contributed by atoms with E-state index >= 15 is 0 Å². The van der Waals surface area contributed by atoms with Crippen LogP contribution in [0.2, 0.25) is 0 Å². The summed E-state index contributed by atoms with van der Waals surface area (Å²) in [5.74, 6) is -0.630. The first kappa shape index (κ1) is 20.9. The minimum absolute atomic E-state index is 0.0450. The number of alkyl carbamates (subject to hydrolysis) is 1. The molecule has 2 aromatic rings. The molecule has 0 spiro atoms. The van der Waals surface area contributed by atoms with Gasteiger partial charge in [0.1, 0.15) is 11.9 Å². The SMILES string of the molecule is CC(C)(CCO)[C@H](OC(=O)NC(=O)c1ccccc1)c1cc(Br)ccc1O. The first-order valence-corrected chi connectivity index (χ1v) is 9.20. The molecule has 0 aliphatic heterocycles. The molecule has 144 valence electrons. The van der Waals surface area contributed by atoms with Crippen LogP contribution in [0.15, 0.2) is 53.0 Å². The first-order valence-electron chi connectivity index (χ1n) is 8.41. The molecule has 0 radical (unpaired) electrons. The summed E-state index contributed by atoms with van der Waals surface area (Å²) < 4.78 is 6.22. The van der Waals surface area contributed by atoms with Gasteiger partial charge in [0.2, 0.25) is 0 Å². The molecule has 6 nitrogen and oxygen atoms in total. The van der Waals surface area contributed by atoms with Gasteiger partial charge in [0.25, 0.3) is 5.91 Å². The number of halogens is 1. The van der Waals surface area contributed by atoms with Crippen LogP contribution >= 0.6 is 15.9 Å². The largest absolute Gasteiger partial charge is 0.508 e. The van der Waals surface area contributed by atoms with Crippen LogP contribution in [0.1, 0.15) is 42.3 Å². The third kappa shape index (κ3) is 5.55. The average Bonchev–Trinajstić information content (AvgIpc) is 2.62. The Morgan fingerprint density at radius 2 is 1.85 bits per heavy atom. The lowest BCUT2D eigenvalue weighted by Gasteiger charge is -2.34. The fraction of sp³-hybridized carbons (Fsp3) is 0.300. The van der Waals surface area contributed by atoms with Gasteiger partial charge in [0, 0.05) is 27.6 Å². The number of amides is 2. The van der Waals surface area contributed by atoms with Crippen molar-refractivity contribution in [1.82, 2.24) is 5.32 Å². The summed E-state index contributed by atoms with van der Waals surface area (Å²) in [7, 11) is 0. The van der Waals surface area contributed by atoms with E-state index in [9.17, 15) is 19.8 Å². The Balaban J connectivity index is 2.25. The Morgan fingerprint density at radius 3 is 2.48 bits per heavy atom. The van der Waals surface area contributed by atoms with Crippen molar-refractivity contribution in [2.24, 2.45) is 5.41 Å². The van der Waals surface area contributed by atoms with E-state index in [0.29, 0.717) is 22.0 Å². The maximum absolute atomic E-state index is 12.3. The molecule has 0 saturated carbocycles. The molecule has 0 unspecified atom stereocenters. The summed E-state index contributed by atoms with van der Waals surface area (Å²) in [6.07, 6.45) is -1.49. The molecular weight excluding hydrogens is 414 g/mol. The van der Waals surface area contributed by atoms with Gasteiger partial charge in [0.15, 0.2) is 0 Å². The van der Waals surface area contributed by atoms with Crippen molar-refractivity contribution < 1.29 is 24.5 Å². The van der Waals surface area contributed by atoms with Crippen LogP contribution in [-0.2, 0) is 4.74 Å². The van der Waals surface area contributed by atoms with E-state index in [-0.39, 0.29) is 12.4 Å². The maximum atomic E-state index is 12.3. The number of hydrogen-bond acceptors (Lipinski definition) is 5. The van der Waals surface area contributed by atoms with Gasteiger partial charge in [0.05, 0.1) is 0 Å². The number of phenols is 1. The average molecular weight is 436 g/mol. The number of nitrogens with one attached hydrogen (secondary N) is 1. The van der Waals surface area contributed by atoms with Crippen LogP contribution in [0.5, 0.6) is 5.75 Å². The highest BCUT2D eigenvalue weighted by Crippen LogP contribution is 2.43. The van der Waals surface area contributed by atoms with E-state index in [1.54, 1.807) is 56.3 Å². The molecule has 7 heteroatoms. The summed E-state index contributed by atoms with van der Waals surface area (Å²) in [6, 6.07) is 13.1. The Labute approximate surface area is 166 Å². The fourth-order valence-corrected chi connectivity index (χ4v) is 3.07. The van der Waals surface area contributed by atoms with Gasteiger partial charge in [-0.15, -0.1) is 0 Å². The van der Waals surface area contributed by atoms with Gasteiger partial charge < -0.3 is 14.9 Å². The van der Waals surface area contributed by atoms with Crippen molar-refractivity contribution in [1.29, 1.82) is 0 Å². The van der Waals surface area contributed by atoms with E-state index in [1.807, 2.05) is 0 Å². The first-order chi connectivity index (χ1) is 12.7. The molecule has 1 atom stereocenters. The second kappa shape index (κ2) is 9.01. The van der Waals surface area contributed by atoms with Gasteiger partial charge in [-0.25, -0.2) is 4.79 Å². The Kier molecular flexibility index (Phi) is 6.98. The number of imide groups is 1. The molecule has 0 aliphatic rings. The zero-order chi connectivity index (χ0) is 20.0. The van der Waals surface area contributed by atoms with Crippen molar-refractivity contribution >= 4 is 27.9 Å². The summed E-state index contributed by atoms with van der Waals surface area (Å²) in [6.45, 7) is 3.49. The second-order valence-corrected chi connectivity index (χ2v) is 7.69. The standard InChI is InChI=1S/C20H22BrNO5/c1-20(2,10-11-23)17(15-12-14(21)8-9-16(15)24)27-19(26)22-18(25)13-6-4-3-5-7-13/h3-9,12,17,23-24H,10-11H2,1-2H3,(H,22,25,26)/t17-/m1/s1. The number of benzene rings is 2. The number of carbonyl (C=O) groups is 2. The Hall–Kier alpha value is -2.38. The molecule has 2 aromatic carbocycles. The molecule has 0 fully saturated rings. The smallest absolute Gasteiger partial charge is 0.414 e. The van der Waals surface area contributed by atoms with Gasteiger partial charge in [-0.1, -0.05) is 48.0 Å². The quantitative estimate of drug-likeness (QED) is 0.632. The molecule has 2 rings (SSSR count). The fourth-order valence-electron chi connectivity index (χ4n) is 2.69. The van der Waals surface area contributed by atoms with Crippen LogP contribution in [0, 0.1) is 5.41 Å². The number of aromatic hydroxyl groups is 1. The molecule has 0 saturated heterocycles. The lowest BCUT2D eigenvalue weighted by atomic mass is 9.79. The van der Waals surface area contributed by atoms with Gasteiger partial charge in [-0.3, -0.25) is 10.1 Å². The van der Waals surface area contributed by atoms with Crippen LogP contribution in [-0.4, -0.2) is 28.8 Å². The molecule has 0 heterocycles. The van der Waals surface area contributed by atoms with Crippen LogP contribution in [0.3, 0.4) is 0 Å². The van der Waals surface area contributed by atoms with Gasteiger partial charge in [-0.2, -0.15) is 0 Å². The summed E-state index contributed by atoms with van der Waals surface area (Å²) in [5.41, 5.74) is 0.0104. The summed E-state index contributed by atoms with van der Waals surface area (Å²) in [4.78, 5) is 24.5. The highest BCUT2D eigenvalue weighted by molar-refractivity contribution is 9.10. The normalized spacial score (nSPS) is 12.3. The van der Waals surface area contributed by atoms with Crippen molar-refractivity contribution in [3.05, 3.63) is 64.1 Å². The number of carbonyl (C=O) groups excluding carboxylic acids is 2. The van der Waals surface area contributed by atoms with E-state index in [2.05, 4.69) is 21.2 Å². The van der Waals surface area contributed by atoms with E-state index < -0.39 is 23.5 Å². The van der Waals surface area contributed by atoms with Crippen molar-refractivity contribution in [3.63, 3.8) is 0 Å². The Bertz CT molecular complexity index is 807. The molecule has 0 aliphatic carbocycles. The summed E-state index contributed by atoms with van der Waals surface area (Å²) in [5, 5.41) is 21.8. The third-order valence-corrected chi connectivity index (χ3v) is 4.71. The lowest BCUT2D eigenvalue weighted by Crippen LogP contribution is -2.36. The number of aliphatic hydroxyl groups excluding tert-OH is 1.